The van der Waals surface area contributed by atoms with Crippen molar-refractivity contribution in [2.75, 3.05) is 5.32 Å². The van der Waals surface area contributed by atoms with Crippen LogP contribution in [0.15, 0.2) is 0 Å². The van der Waals surface area contributed by atoms with Crippen LogP contribution in [0.4, 0.5) is 38.0 Å². The van der Waals surface area contributed by atoms with Gasteiger partial charge >= 0.3 is 12.4 Å². The van der Waals surface area contributed by atoms with Crippen LogP contribution in [-0.2, 0) is 18.9 Å². The molecule has 0 bridgehead atoms. The van der Waals surface area contributed by atoms with Crippen LogP contribution in [0.1, 0.15) is 18.3 Å². The summed E-state index contributed by atoms with van der Waals surface area (Å²) in [5.74, 6) is -2.01. The molecule has 4 nitrogen and oxygen atoms in total. The van der Waals surface area contributed by atoms with Crippen molar-refractivity contribution in [3.8, 4) is 0 Å². The molecule has 23 heavy (non-hydrogen) atoms. The molecule has 0 aromatic carbocycles. The van der Waals surface area contributed by atoms with Gasteiger partial charge in [-0.15, -0.1) is 16.4 Å². The second kappa shape index (κ2) is 6.02. The van der Waals surface area contributed by atoms with Crippen molar-refractivity contribution in [1.82, 2.24) is 14.8 Å². The van der Waals surface area contributed by atoms with E-state index in [0.29, 0.717) is 11.3 Å². The van der Waals surface area contributed by atoms with Crippen molar-refractivity contribution in [2.24, 2.45) is 0 Å². The standard InChI is InChI=1S/C10H6Cl2F6N4S/c1-2-22-8(20-7(21-22)10(16,17)18)19-4-3(9(13,14)15)5(11)23-6(4)12/h2H2,1H3,(H,19,20,21). The molecule has 2 heterocycles. The quantitative estimate of drug-likeness (QED) is 0.699. The minimum absolute atomic E-state index is 0.0533. The number of rotatable bonds is 3. The number of nitrogens with zero attached hydrogens (tertiary/aromatic N) is 3. The minimum atomic E-state index is -4.84. The van der Waals surface area contributed by atoms with E-state index in [1.807, 2.05) is 0 Å². The molecule has 0 aliphatic rings. The van der Waals surface area contributed by atoms with Crippen LogP contribution in [-0.4, -0.2) is 14.8 Å². The van der Waals surface area contributed by atoms with E-state index in [0.717, 1.165) is 4.68 Å². The maximum atomic E-state index is 13.0. The van der Waals surface area contributed by atoms with Gasteiger partial charge in [0, 0.05) is 6.54 Å². The van der Waals surface area contributed by atoms with Crippen LogP contribution in [0, 0.1) is 0 Å². The third kappa shape index (κ3) is 3.66. The molecule has 0 aliphatic heterocycles. The van der Waals surface area contributed by atoms with E-state index in [4.69, 9.17) is 23.2 Å². The van der Waals surface area contributed by atoms with Crippen molar-refractivity contribution < 1.29 is 26.3 Å². The first-order valence-electron chi connectivity index (χ1n) is 5.79. The average Bonchev–Trinajstić information content (AvgIpc) is 2.90. The van der Waals surface area contributed by atoms with Gasteiger partial charge in [0.1, 0.15) is 14.2 Å². The largest absolute Gasteiger partial charge is 0.453 e. The Bertz CT molecular complexity index is 720. The number of anilines is 2. The maximum Gasteiger partial charge on any atom is 0.453 e. The van der Waals surface area contributed by atoms with Gasteiger partial charge in [-0.2, -0.15) is 31.3 Å². The van der Waals surface area contributed by atoms with Crippen molar-refractivity contribution in [3.05, 3.63) is 20.1 Å². The fourth-order valence-corrected chi connectivity index (χ4v) is 3.29. The first-order valence-corrected chi connectivity index (χ1v) is 7.36. The highest BCUT2D eigenvalue weighted by Crippen LogP contribution is 2.49. The maximum absolute atomic E-state index is 13.0. The summed E-state index contributed by atoms with van der Waals surface area (Å²) < 4.78 is 76.6. The van der Waals surface area contributed by atoms with Gasteiger partial charge in [-0.3, -0.25) is 0 Å². The van der Waals surface area contributed by atoms with E-state index in [1.165, 1.54) is 6.92 Å². The first kappa shape index (κ1) is 18.1. The fourth-order valence-electron chi connectivity index (χ4n) is 1.63. The second-order valence-corrected chi connectivity index (χ2v) is 6.32. The van der Waals surface area contributed by atoms with E-state index in [1.54, 1.807) is 0 Å². The molecule has 1 N–H and O–H groups in total. The molecule has 2 rings (SSSR count). The van der Waals surface area contributed by atoms with Gasteiger partial charge in [0.15, 0.2) is 0 Å². The molecule has 0 saturated heterocycles. The zero-order valence-corrected chi connectivity index (χ0v) is 13.3. The van der Waals surface area contributed by atoms with Crippen molar-refractivity contribution >= 4 is 46.2 Å². The molecule has 0 amide bonds. The highest BCUT2D eigenvalue weighted by Gasteiger charge is 2.41. The lowest BCUT2D eigenvalue weighted by Gasteiger charge is -2.11. The van der Waals surface area contributed by atoms with Crippen LogP contribution in [0.25, 0.3) is 0 Å². The predicted molar refractivity (Wildman–Crippen MR) is 73.3 cm³/mol. The van der Waals surface area contributed by atoms with E-state index >= 15 is 0 Å². The average molecular weight is 399 g/mol. The number of aryl methyl sites for hydroxylation is 1. The number of halogens is 8. The number of alkyl halides is 6. The Labute approximate surface area is 139 Å². The normalized spacial score (nSPS) is 12.7. The molecule has 0 radical (unpaired) electrons. The van der Waals surface area contributed by atoms with E-state index in [-0.39, 0.29) is 10.9 Å². The van der Waals surface area contributed by atoms with E-state index in [9.17, 15) is 26.3 Å². The number of thiophene rings is 1. The molecule has 2 aromatic rings. The van der Waals surface area contributed by atoms with Crippen LogP contribution in [0.2, 0.25) is 8.67 Å². The Morgan fingerprint density at radius 2 is 1.70 bits per heavy atom. The summed E-state index contributed by atoms with van der Waals surface area (Å²) in [6.07, 6.45) is -9.67. The van der Waals surface area contributed by atoms with Crippen molar-refractivity contribution in [3.63, 3.8) is 0 Å². The fraction of sp³-hybridized carbons (Fsp3) is 0.400. The summed E-state index contributed by atoms with van der Waals surface area (Å²) in [4.78, 5) is 3.17. The monoisotopic (exact) mass is 398 g/mol. The summed E-state index contributed by atoms with van der Waals surface area (Å²) in [6.45, 7) is 1.40. The van der Waals surface area contributed by atoms with Crippen LogP contribution in [0.3, 0.4) is 0 Å². The molecule has 0 spiro atoms. The second-order valence-electron chi connectivity index (χ2n) is 4.09. The molecule has 13 heteroatoms. The Kier molecular flexibility index (Phi) is 4.75. The molecule has 0 fully saturated rings. The Balaban J connectivity index is 2.50. The Morgan fingerprint density at radius 1 is 1.09 bits per heavy atom. The Morgan fingerprint density at radius 3 is 2.17 bits per heavy atom. The Hall–Kier alpha value is -1.20. The highest BCUT2D eigenvalue weighted by molar-refractivity contribution is 7.20. The summed E-state index contributed by atoms with van der Waals surface area (Å²) in [5, 5.41) is 5.33. The summed E-state index contributed by atoms with van der Waals surface area (Å²) in [6, 6.07) is 0. The molecule has 128 valence electrons. The van der Waals surface area contributed by atoms with E-state index in [2.05, 4.69) is 15.4 Å². The molecule has 2 aromatic heterocycles. The molecular formula is C10H6Cl2F6N4S. The lowest BCUT2D eigenvalue weighted by Crippen LogP contribution is -2.10. The van der Waals surface area contributed by atoms with Gasteiger partial charge in [0.05, 0.1) is 5.69 Å². The summed E-state index contributed by atoms with van der Waals surface area (Å²) >= 11 is 11.6. The van der Waals surface area contributed by atoms with Gasteiger partial charge in [-0.25, -0.2) is 4.68 Å². The van der Waals surface area contributed by atoms with Gasteiger partial charge < -0.3 is 5.32 Å². The highest BCUT2D eigenvalue weighted by atomic mass is 35.5. The molecular weight excluding hydrogens is 393 g/mol. The van der Waals surface area contributed by atoms with Crippen LogP contribution in [0.5, 0.6) is 0 Å². The molecule has 0 saturated carbocycles. The molecule has 0 atom stereocenters. The predicted octanol–water partition coefficient (Wildman–Crippen LogP) is 5.45. The van der Waals surface area contributed by atoms with Crippen molar-refractivity contribution in [1.29, 1.82) is 0 Å². The van der Waals surface area contributed by atoms with Crippen LogP contribution >= 0.6 is 34.5 Å². The minimum Gasteiger partial charge on any atom is -0.322 e. The van der Waals surface area contributed by atoms with Gasteiger partial charge in [0.25, 0.3) is 5.82 Å². The number of hydrogen-bond acceptors (Lipinski definition) is 4. The molecule has 0 aliphatic carbocycles. The van der Waals surface area contributed by atoms with E-state index < -0.39 is 39.7 Å². The van der Waals surface area contributed by atoms with Crippen molar-refractivity contribution in [2.45, 2.75) is 25.8 Å². The lowest BCUT2D eigenvalue weighted by molar-refractivity contribution is -0.145. The van der Waals surface area contributed by atoms with Gasteiger partial charge in [0.2, 0.25) is 5.95 Å². The number of hydrogen-bond donors (Lipinski definition) is 1. The number of nitrogens with one attached hydrogen (secondary N) is 1. The summed E-state index contributed by atoms with van der Waals surface area (Å²) in [7, 11) is 0. The topological polar surface area (TPSA) is 42.7 Å². The summed E-state index contributed by atoms with van der Waals surface area (Å²) in [5.41, 5.74) is -1.93. The zero-order valence-electron chi connectivity index (χ0n) is 11.0. The third-order valence-corrected chi connectivity index (χ3v) is 4.17. The number of aromatic nitrogens is 3. The smallest absolute Gasteiger partial charge is 0.322 e. The van der Waals surface area contributed by atoms with Gasteiger partial charge in [-0.05, 0) is 6.92 Å². The SMILES string of the molecule is CCn1nc(C(F)(F)F)nc1Nc1c(Cl)sc(Cl)c1C(F)(F)F. The van der Waals surface area contributed by atoms with Crippen LogP contribution < -0.4 is 5.32 Å². The lowest BCUT2D eigenvalue weighted by atomic mass is 10.3. The third-order valence-electron chi connectivity index (χ3n) is 2.57. The zero-order chi connectivity index (χ0) is 17.6. The molecule has 0 unspecified atom stereocenters. The first-order chi connectivity index (χ1) is 10.4. The van der Waals surface area contributed by atoms with Gasteiger partial charge in [-0.1, -0.05) is 23.2 Å².